The zero-order valence-corrected chi connectivity index (χ0v) is 28.9. The summed E-state index contributed by atoms with van der Waals surface area (Å²) in [4.78, 5) is 0. The Hall–Kier alpha value is -0.320. The van der Waals surface area contributed by atoms with Crippen LogP contribution in [-0.2, 0) is 37.9 Å². The van der Waals surface area contributed by atoms with E-state index in [0.29, 0.717) is 26.4 Å². The van der Waals surface area contributed by atoms with Crippen molar-refractivity contribution in [1.82, 2.24) is 0 Å². The Morgan fingerprint density at radius 1 is 0.425 bits per heavy atom. The average molecular weight is 579 g/mol. The first-order chi connectivity index (χ1) is 18.2. The van der Waals surface area contributed by atoms with Gasteiger partial charge in [-0.1, -0.05) is 0 Å². The van der Waals surface area contributed by atoms with Crippen molar-refractivity contribution < 1.29 is 37.9 Å². The molecular weight excluding hydrogens is 512 g/mol. The summed E-state index contributed by atoms with van der Waals surface area (Å²) in [6, 6.07) is 0. The maximum Gasteiger partial charge on any atom is 0.115 e. The third-order valence-electron chi connectivity index (χ3n) is 5.59. The van der Waals surface area contributed by atoms with Crippen molar-refractivity contribution in [3.63, 3.8) is 0 Å². The molecule has 8 heteroatoms. The molecule has 0 spiro atoms. The van der Waals surface area contributed by atoms with Crippen LogP contribution in [0.2, 0.25) is 0 Å². The Morgan fingerprint density at radius 2 is 0.825 bits per heavy atom. The van der Waals surface area contributed by atoms with Gasteiger partial charge in [-0.15, -0.1) is 0 Å². The van der Waals surface area contributed by atoms with Crippen LogP contribution in [0.15, 0.2) is 0 Å². The van der Waals surface area contributed by atoms with E-state index < -0.39 is 35.6 Å². The summed E-state index contributed by atoms with van der Waals surface area (Å²) in [5, 5.41) is 0. The van der Waals surface area contributed by atoms with E-state index >= 15 is 0 Å². The van der Waals surface area contributed by atoms with Gasteiger partial charge in [0.1, 0.15) is 24.4 Å². The van der Waals surface area contributed by atoms with Gasteiger partial charge in [-0.05, 0) is 111 Å². The third kappa shape index (κ3) is 19.0. The van der Waals surface area contributed by atoms with E-state index in [1.807, 2.05) is 111 Å². The molecule has 0 heterocycles. The monoisotopic (exact) mass is 578 g/mol. The molecule has 0 rings (SSSR count). The van der Waals surface area contributed by atoms with Crippen LogP contribution in [0, 0.1) is 0 Å². The fraction of sp³-hybridized carbons (Fsp3) is 1.00. The summed E-state index contributed by atoms with van der Waals surface area (Å²) in [6.45, 7) is 33.9. The molecule has 0 bridgehead atoms. The Bertz CT molecular complexity index is 630. The average Bonchev–Trinajstić information content (AvgIpc) is 2.78. The first-order valence-corrected chi connectivity index (χ1v) is 15.4. The van der Waals surface area contributed by atoms with Crippen molar-refractivity contribution in [2.75, 3.05) is 26.4 Å². The summed E-state index contributed by atoms with van der Waals surface area (Å²) < 4.78 is 50.8. The molecule has 40 heavy (non-hydrogen) atoms. The standard InChI is InChI=1S/C32H66O8/c1-21(2)33-17-28(40-32(15,16)20-35-23(5)6)30(39-26(11)12)29(38-25(9)10)27(37-24(7)8)18-36-31(13,14)19-34-22(3)4/h21-30H,17-20H2,1-16H3. The fourth-order valence-corrected chi connectivity index (χ4v) is 3.95. The zero-order chi connectivity index (χ0) is 31.3. The minimum Gasteiger partial charge on any atom is -0.376 e. The van der Waals surface area contributed by atoms with Crippen molar-refractivity contribution in [2.45, 2.75) is 183 Å². The molecule has 0 saturated carbocycles. The summed E-state index contributed by atoms with van der Waals surface area (Å²) in [5.41, 5.74) is -1.09. The van der Waals surface area contributed by atoms with Crippen LogP contribution < -0.4 is 0 Å². The van der Waals surface area contributed by atoms with Crippen LogP contribution in [0.5, 0.6) is 0 Å². The van der Waals surface area contributed by atoms with Gasteiger partial charge in [-0.3, -0.25) is 0 Å². The van der Waals surface area contributed by atoms with Crippen LogP contribution in [-0.4, -0.2) is 98.7 Å². The molecule has 242 valence electrons. The molecular formula is C32H66O8. The van der Waals surface area contributed by atoms with E-state index in [9.17, 15) is 0 Å². The molecule has 0 aromatic heterocycles. The lowest BCUT2D eigenvalue weighted by atomic mass is 10.00. The minimum atomic E-state index is -0.586. The van der Waals surface area contributed by atoms with Crippen molar-refractivity contribution in [1.29, 1.82) is 0 Å². The normalized spacial score (nSPS) is 16.6. The van der Waals surface area contributed by atoms with E-state index in [1.165, 1.54) is 0 Å². The zero-order valence-electron chi connectivity index (χ0n) is 28.9. The van der Waals surface area contributed by atoms with E-state index in [2.05, 4.69) is 0 Å². The first-order valence-electron chi connectivity index (χ1n) is 15.4. The smallest absolute Gasteiger partial charge is 0.115 e. The predicted octanol–water partition coefficient (Wildman–Crippen LogP) is 6.60. The van der Waals surface area contributed by atoms with E-state index in [-0.39, 0.29) is 36.6 Å². The Kier molecular flexibility index (Phi) is 18.9. The molecule has 0 aromatic carbocycles. The molecule has 8 nitrogen and oxygen atoms in total. The molecule has 0 amide bonds. The molecule has 0 aliphatic carbocycles. The lowest BCUT2D eigenvalue weighted by Gasteiger charge is -2.42. The highest BCUT2D eigenvalue weighted by molar-refractivity contribution is 4.90. The second kappa shape index (κ2) is 19.1. The second-order valence-electron chi connectivity index (χ2n) is 13.6. The molecule has 0 saturated heterocycles. The van der Waals surface area contributed by atoms with Gasteiger partial charge in [0.15, 0.2) is 0 Å². The van der Waals surface area contributed by atoms with E-state index in [1.54, 1.807) is 0 Å². The highest BCUT2D eigenvalue weighted by atomic mass is 16.6. The topological polar surface area (TPSA) is 73.8 Å². The Morgan fingerprint density at radius 3 is 1.23 bits per heavy atom. The van der Waals surface area contributed by atoms with Gasteiger partial charge < -0.3 is 37.9 Å². The summed E-state index contributed by atoms with van der Waals surface area (Å²) in [6.07, 6.45) is -1.84. The van der Waals surface area contributed by atoms with Crippen molar-refractivity contribution in [3.8, 4) is 0 Å². The molecule has 0 aliphatic heterocycles. The first kappa shape index (κ1) is 39.7. The van der Waals surface area contributed by atoms with Gasteiger partial charge >= 0.3 is 0 Å². The fourth-order valence-electron chi connectivity index (χ4n) is 3.95. The molecule has 0 N–H and O–H groups in total. The minimum absolute atomic E-state index is 0.0260. The van der Waals surface area contributed by atoms with E-state index in [4.69, 9.17) is 37.9 Å². The quantitative estimate of drug-likeness (QED) is 0.134. The van der Waals surface area contributed by atoms with Crippen LogP contribution in [0.4, 0.5) is 0 Å². The SMILES string of the molecule is CC(C)OCC(OC(C)(C)COC(C)C)C(OC(C)C)C(OC(C)C)C(COC(C)(C)COC(C)C)OC(C)C. The number of hydrogen-bond donors (Lipinski definition) is 0. The molecule has 4 unspecified atom stereocenters. The van der Waals surface area contributed by atoms with Gasteiger partial charge in [-0.2, -0.15) is 0 Å². The largest absolute Gasteiger partial charge is 0.376 e. The van der Waals surface area contributed by atoms with Gasteiger partial charge in [0, 0.05) is 0 Å². The summed E-state index contributed by atoms with van der Waals surface area (Å²) in [7, 11) is 0. The van der Waals surface area contributed by atoms with Crippen LogP contribution in [0.3, 0.4) is 0 Å². The van der Waals surface area contributed by atoms with Gasteiger partial charge in [0.05, 0.1) is 74.3 Å². The van der Waals surface area contributed by atoms with Crippen molar-refractivity contribution in [3.05, 3.63) is 0 Å². The Labute approximate surface area is 247 Å². The van der Waals surface area contributed by atoms with Gasteiger partial charge in [-0.25, -0.2) is 0 Å². The van der Waals surface area contributed by atoms with Crippen molar-refractivity contribution >= 4 is 0 Å². The molecule has 0 radical (unpaired) electrons. The molecule has 4 atom stereocenters. The number of rotatable bonds is 23. The second-order valence-corrected chi connectivity index (χ2v) is 13.6. The van der Waals surface area contributed by atoms with Gasteiger partial charge in [0.2, 0.25) is 0 Å². The lowest BCUT2D eigenvalue weighted by molar-refractivity contribution is -0.246. The highest BCUT2D eigenvalue weighted by Crippen LogP contribution is 2.27. The molecule has 0 aromatic rings. The van der Waals surface area contributed by atoms with Crippen molar-refractivity contribution in [2.24, 2.45) is 0 Å². The summed E-state index contributed by atoms with van der Waals surface area (Å²) >= 11 is 0. The number of hydrogen-bond acceptors (Lipinski definition) is 8. The number of ether oxygens (including phenoxy) is 8. The maximum atomic E-state index is 6.76. The Balaban J connectivity index is 6.45. The molecule has 0 aliphatic rings. The predicted molar refractivity (Wildman–Crippen MR) is 162 cm³/mol. The third-order valence-corrected chi connectivity index (χ3v) is 5.59. The van der Waals surface area contributed by atoms with Crippen LogP contribution >= 0.6 is 0 Å². The lowest BCUT2D eigenvalue weighted by Crippen LogP contribution is -2.56. The van der Waals surface area contributed by atoms with Gasteiger partial charge in [0.25, 0.3) is 0 Å². The van der Waals surface area contributed by atoms with E-state index in [0.717, 1.165) is 0 Å². The maximum absolute atomic E-state index is 6.76. The van der Waals surface area contributed by atoms with Crippen LogP contribution in [0.25, 0.3) is 0 Å². The highest BCUT2D eigenvalue weighted by Gasteiger charge is 2.43. The summed E-state index contributed by atoms with van der Waals surface area (Å²) in [5.74, 6) is 0. The van der Waals surface area contributed by atoms with Crippen LogP contribution in [0.1, 0.15) is 111 Å². The molecule has 0 fully saturated rings.